The van der Waals surface area contributed by atoms with Gasteiger partial charge >= 0.3 is 0 Å². The van der Waals surface area contributed by atoms with E-state index in [1.807, 2.05) is 0 Å². The van der Waals surface area contributed by atoms with E-state index in [0.29, 0.717) is 5.92 Å². The first-order chi connectivity index (χ1) is 8.13. The fourth-order valence-electron chi connectivity index (χ4n) is 2.28. The van der Waals surface area contributed by atoms with Crippen molar-refractivity contribution >= 4 is 16.7 Å². The van der Waals surface area contributed by atoms with Gasteiger partial charge in [-0.25, -0.2) is 0 Å². The van der Waals surface area contributed by atoms with Crippen molar-refractivity contribution in [1.82, 2.24) is 4.90 Å². The summed E-state index contributed by atoms with van der Waals surface area (Å²) in [5.41, 5.74) is 0. The first-order valence-corrected chi connectivity index (χ1v) is 7.82. The van der Waals surface area contributed by atoms with Crippen molar-refractivity contribution in [2.24, 2.45) is 5.92 Å². The number of rotatable bonds is 6. The zero-order chi connectivity index (χ0) is 12.7. The van der Waals surface area contributed by atoms with Gasteiger partial charge in [0.05, 0.1) is 6.61 Å². The number of carbonyl (C=O) groups is 1. The van der Waals surface area contributed by atoms with Crippen molar-refractivity contribution < 1.29 is 14.1 Å². The lowest BCUT2D eigenvalue weighted by molar-refractivity contribution is -0.127. The number of hydrogen-bond donors (Lipinski definition) is 1. The van der Waals surface area contributed by atoms with Crippen molar-refractivity contribution in [2.75, 3.05) is 31.7 Å². The highest BCUT2D eigenvalue weighted by Crippen LogP contribution is 2.24. The van der Waals surface area contributed by atoms with Gasteiger partial charge in [0.2, 0.25) is 5.91 Å². The smallest absolute Gasteiger partial charge is 0.234 e. The van der Waals surface area contributed by atoms with Crippen LogP contribution >= 0.6 is 0 Å². The van der Waals surface area contributed by atoms with Crippen molar-refractivity contribution in [3.8, 4) is 0 Å². The molecule has 1 atom stereocenters. The molecule has 0 aromatic rings. The molecule has 17 heavy (non-hydrogen) atoms. The number of nitrogens with zero attached hydrogens (tertiary/aromatic N) is 1. The summed E-state index contributed by atoms with van der Waals surface area (Å²) >= 11 is 0. The molecule has 0 heterocycles. The van der Waals surface area contributed by atoms with E-state index in [1.54, 1.807) is 11.9 Å². The number of carbonyl (C=O) groups excluding carboxylic acids is 1. The Balaban J connectivity index is 2.28. The summed E-state index contributed by atoms with van der Waals surface area (Å²) in [6, 6.07) is 0. The fraction of sp³-hybridized carbons (Fsp3) is 0.917. The highest BCUT2D eigenvalue weighted by Gasteiger charge is 2.19. The Morgan fingerprint density at radius 1 is 1.35 bits per heavy atom. The number of amides is 1. The Labute approximate surface area is 106 Å². The van der Waals surface area contributed by atoms with Crippen LogP contribution < -0.4 is 0 Å². The zero-order valence-corrected chi connectivity index (χ0v) is 11.4. The van der Waals surface area contributed by atoms with Crippen LogP contribution in [0.25, 0.3) is 0 Å². The maximum atomic E-state index is 11.8. The number of hydrogen-bond acceptors (Lipinski definition) is 3. The third-order valence-corrected chi connectivity index (χ3v) is 4.49. The van der Waals surface area contributed by atoms with Crippen LogP contribution in [-0.2, 0) is 15.6 Å². The van der Waals surface area contributed by atoms with Crippen LogP contribution in [0.3, 0.4) is 0 Å². The molecular formula is C12H23NO3S. The van der Waals surface area contributed by atoms with Gasteiger partial charge in [0.15, 0.2) is 0 Å². The first kappa shape index (κ1) is 14.6. The van der Waals surface area contributed by atoms with E-state index >= 15 is 0 Å². The summed E-state index contributed by atoms with van der Waals surface area (Å²) in [5.74, 6) is 0.790. The van der Waals surface area contributed by atoms with E-state index in [9.17, 15) is 9.00 Å². The van der Waals surface area contributed by atoms with E-state index in [4.69, 9.17) is 5.11 Å². The second kappa shape index (κ2) is 7.82. The van der Waals surface area contributed by atoms with Gasteiger partial charge in [0.25, 0.3) is 0 Å². The molecule has 0 aromatic carbocycles. The van der Waals surface area contributed by atoms with Gasteiger partial charge in [0, 0.05) is 30.1 Å². The molecule has 0 saturated heterocycles. The van der Waals surface area contributed by atoms with Crippen LogP contribution in [0.5, 0.6) is 0 Å². The monoisotopic (exact) mass is 261 g/mol. The Kier molecular flexibility index (Phi) is 6.73. The van der Waals surface area contributed by atoms with Gasteiger partial charge in [-0.15, -0.1) is 0 Å². The lowest BCUT2D eigenvalue weighted by Gasteiger charge is -2.27. The molecule has 1 amide bonds. The molecule has 1 rings (SSSR count). The van der Waals surface area contributed by atoms with Gasteiger partial charge in [-0.1, -0.05) is 19.3 Å². The maximum absolute atomic E-state index is 11.8. The van der Waals surface area contributed by atoms with Gasteiger partial charge < -0.3 is 10.0 Å². The van der Waals surface area contributed by atoms with Crippen LogP contribution in [-0.4, -0.2) is 51.8 Å². The quantitative estimate of drug-likeness (QED) is 0.768. The Morgan fingerprint density at radius 3 is 2.59 bits per heavy atom. The van der Waals surface area contributed by atoms with E-state index in [0.717, 1.165) is 6.54 Å². The topological polar surface area (TPSA) is 57.6 Å². The summed E-state index contributed by atoms with van der Waals surface area (Å²) < 4.78 is 11.4. The molecular weight excluding hydrogens is 238 g/mol. The molecule has 0 aromatic heterocycles. The van der Waals surface area contributed by atoms with Gasteiger partial charge in [-0.05, 0) is 18.8 Å². The standard InChI is InChI=1S/C12H23NO3S/c1-13(9-11-5-3-2-4-6-11)12(15)10-17(16)8-7-14/h11,14H,2-10H2,1H3. The van der Waals surface area contributed by atoms with E-state index in [1.165, 1.54) is 32.1 Å². The third kappa shape index (κ3) is 5.64. The summed E-state index contributed by atoms with van der Waals surface area (Å²) in [4.78, 5) is 13.5. The predicted octanol–water partition coefficient (Wildman–Crippen LogP) is 0.766. The summed E-state index contributed by atoms with van der Waals surface area (Å²) in [6.45, 7) is 0.668. The molecule has 1 fully saturated rings. The van der Waals surface area contributed by atoms with Crippen molar-refractivity contribution in [2.45, 2.75) is 32.1 Å². The lowest BCUT2D eigenvalue weighted by atomic mass is 9.89. The molecule has 1 aliphatic rings. The van der Waals surface area contributed by atoms with Crippen LogP contribution in [0.15, 0.2) is 0 Å². The second-order valence-electron chi connectivity index (χ2n) is 4.79. The van der Waals surface area contributed by atoms with E-state index < -0.39 is 10.8 Å². The number of aliphatic hydroxyl groups excluding tert-OH is 1. The van der Waals surface area contributed by atoms with Crippen molar-refractivity contribution in [3.63, 3.8) is 0 Å². The van der Waals surface area contributed by atoms with Gasteiger partial charge in [0.1, 0.15) is 5.75 Å². The normalized spacial score (nSPS) is 18.9. The van der Waals surface area contributed by atoms with Gasteiger partial charge in [-0.2, -0.15) is 0 Å². The zero-order valence-electron chi connectivity index (χ0n) is 10.6. The minimum absolute atomic E-state index is 0.0454. The summed E-state index contributed by atoms with van der Waals surface area (Å²) in [7, 11) is 0.566. The van der Waals surface area contributed by atoms with Crippen LogP contribution in [0.1, 0.15) is 32.1 Å². The molecule has 0 aliphatic heterocycles. The largest absolute Gasteiger partial charge is 0.395 e. The minimum Gasteiger partial charge on any atom is -0.395 e. The van der Waals surface area contributed by atoms with Crippen LogP contribution in [0, 0.1) is 5.92 Å². The van der Waals surface area contributed by atoms with E-state index in [-0.39, 0.29) is 24.0 Å². The molecule has 1 saturated carbocycles. The molecule has 1 N–H and O–H groups in total. The molecule has 0 bridgehead atoms. The molecule has 1 unspecified atom stereocenters. The highest BCUT2D eigenvalue weighted by atomic mass is 32.2. The maximum Gasteiger partial charge on any atom is 0.234 e. The van der Waals surface area contributed by atoms with Crippen molar-refractivity contribution in [3.05, 3.63) is 0 Å². The average molecular weight is 261 g/mol. The Hall–Kier alpha value is -0.420. The molecule has 0 spiro atoms. The molecule has 4 nitrogen and oxygen atoms in total. The minimum atomic E-state index is -1.22. The van der Waals surface area contributed by atoms with Crippen LogP contribution in [0.2, 0.25) is 0 Å². The SMILES string of the molecule is CN(CC1CCCCC1)C(=O)CS(=O)CCO. The fourth-order valence-corrected chi connectivity index (χ4v) is 3.12. The average Bonchev–Trinajstić information content (AvgIpc) is 2.30. The second-order valence-corrected chi connectivity index (χ2v) is 6.37. The highest BCUT2D eigenvalue weighted by molar-refractivity contribution is 7.85. The molecule has 1 aliphatic carbocycles. The molecule has 5 heteroatoms. The Morgan fingerprint density at radius 2 is 2.00 bits per heavy atom. The Bertz CT molecular complexity index is 264. The van der Waals surface area contributed by atoms with Crippen molar-refractivity contribution in [1.29, 1.82) is 0 Å². The first-order valence-electron chi connectivity index (χ1n) is 6.33. The predicted molar refractivity (Wildman–Crippen MR) is 69.2 cm³/mol. The lowest BCUT2D eigenvalue weighted by Crippen LogP contribution is -2.36. The third-order valence-electron chi connectivity index (χ3n) is 3.29. The summed E-state index contributed by atoms with van der Waals surface area (Å²) in [5, 5.41) is 8.63. The molecule has 0 radical (unpaired) electrons. The number of aliphatic hydroxyl groups is 1. The van der Waals surface area contributed by atoms with Crippen LogP contribution in [0.4, 0.5) is 0 Å². The van der Waals surface area contributed by atoms with E-state index in [2.05, 4.69) is 0 Å². The molecule has 100 valence electrons. The van der Waals surface area contributed by atoms with Gasteiger partial charge in [-0.3, -0.25) is 9.00 Å². The summed E-state index contributed by atoms with van der Waals surface area (Å²) in [6.07, 6.45) is 6.26.